The fourth-order valence-electron chi connectivity index (χ4n) is 2.60. The summed E-state index contributed by atoms with van der Waals surface area (Å²) in [5, 5.41) is 22.9. The summed E-state index contributed by atoms with van der Waals surface area (Å²) < 4.78 is 27.0. The van der Waals surface area contributed by atoms with Crippen LogP contribution in [-0.2, 0) is 28.5 Å². The molecule has 0 bridgehead atoms. The van der Waals surface area contributed by atoms with Crippen molar-refractivity contribution in [3.63, 3.8) is 0 Å². The van der Waals surface area contributed by atoms with Gasteiger partial charge in [0.15, 0.2) is 6.29 Å². The highest BCUT2D eigenvalue weighted by Crippen LogP contribution is 2.23. The van der Waals surface area contributed by atoms with Crippen LogP contribution in [0.2, 0.25) is 0 Å². The van der Waals surface area contributed by atoms with E-state index < -0.39 is 30.6 Å². The number of aliphatic hydroxyl groups is 2. The Balaban J connectivity index is 1.98. The first kappa shape index (κ1) is 18.5. The lowest BCUT2D eigenvalue weighted by Crippen LogP contribution is -2.64. The maximum Gasteiger partial charge on any atom is 0.217 e. The van der Waals surface area contributed by atoms with Gasteiger partial charge in [-0.05, 0) is 0 Å². The second-order valence-corrected chi connectivity index (χ2v) is 5.61. The number of carbonyl (C=O) groups excluding carboxylic acids is 1. The number of hydrogen-bond acceptors (Lipinski definition) is 8. The zero-order chi connectivity index (χ0) is 16.8. The molecule has 2 saturated heterocycles. The van der Waals surface area contributed by atoms with E-state index in [2.05, 4.69) is 5.32 Å². The average Bonchev–Trinajstić information content (AvgIpc) is 2.54. The number of hydrogen-bond donors (Lipinski definition) is 3. The van der Waals surface area contributed by atoms with Crippen LogP contribution in [0.4, 0.5) is 0 Å². The molecular formula is C14H25NO8. The van der Waals surface area contributed by atoms with Crippen LogP contribution in [0.5, 0.6) is 0 Å². The lowest BCUT2D eigenvalue weighted by molar-refractivity contribution is -0.279. The monoisotopic (exact) mass is 335 g/mol. The van der Waals surface area contributed by atoms with Gasteiger partial charge in [0.1, 0.15) is 30.5 Å². The minimum absolute atomic E-state index is 0.0912. The zero-order valence-electron chi connectivity index (χ0n) is 13.3. The topological polar surface area (TPSA) is 116 Å². The number of methoxy groups -OCH3 is 1. The summed E-state index contributed by atoms with van der Waals surface area (Å²) in [6.07, 6.45) is -4.35. The molecule has 0 saturated carbocycles. The molecule has 3 N–H and O–H groups in total. The third kappa shape index (κ3) is 5.08. The lowest BCUT2D eigenvalue weighted by Gasteiger charge is -2.42. The predicted octanol–water partition coefficient (Wildman–Crippen LogP) is -1.98. The fourth-order valence-corrected chi connectivity index (χ4v) is 2.60. The largest absolute Gasteiger partial charge is 0.388 e. The van der Waals surface area contributed by atoms with E-state index in [1.165, 1.54) is 14.0 Å². The second-order valence-electron chi connectivity index (χ2n) is 5.61. The molecule has 9 heteroatoms. The molecule has 9 nitrogen and oxygen atoms in total. The van der Waals surface area contributed by atoms with E-state index in [9.17, 15) is 15.0 Å². The Kier molecular flexibility index (Phi) is 7.15. The molecule has 0 aliphatic carbocycles. The Morgan fingerprint density at radius 2 is 2.04 bits per heavy atom. The van der Waals surface area contributed by atoms with E-state index in [1.807, 2.05) is 0 Å². The highest BCUT2D eigenvalue weighted by Gasteiger charge is 2.45. The predicted molar refractivity (Wildman–Crippen MR) is 76.7 cm³/mol. The van der Waals surface area contributed by atoms with Crippen molar-refractivity contribution in [3.8, 4) is 0 Å². The minimum atomic E-state index is -1.23. The van der Waals surface area contributed by atoms with E-state index in [0.717, 1.165) is 0 Å². The average molecular weight is 335 g/mol. The van der Waals surface area contributed by atoms with Crippen LogP contribution >= 0.6 is 0 Å². The van der Waals surface area contributed by atoms with E-state index >= 15 is 0 Å². The summed E-state index contributed by atoms with van der Waals surface area (Å²) in [5.41, 5.74) is 0. The summed E-state index contributed by atoms with van der Waals surface area (Å²) >= 11 is 0. The van der Waals surface area contributed by atoms with E-state index in [4.69, 9.17) is 23.7 Å². The van der Waals surface area contributed by atoms with Gasteiger partial charge in [-0.2, -0.15) is 0 Å². The summed E-state index contributed by atoms with van der Waals surface area (Å²) in [7, 11) is 1.46. The molecule has 0 aromatic carbocycles. The summed E-state index contributed by atoms with van der Waals surface area (Å²) in [4.78, 5) is 11.3. The Morgan fingerprint density at radius 1 is 1.26 bits per heavy atom. The smallest absolute Gasteiger partial charge is 0.217 e. The molecule has 2 heterocycles. The molecule has 23 heavy (non-hydrogen) atoms. The van der Waals surface area contributed by atoms with Crippen molar-refractivity contribution < 1.29 is 38.7 Å². The van der Waals surface area contributed by atoms with E-state index in [1.54, 1.807) is 0 Å². The second kappa shape index (κ2) is 8.88. The van der Waals surface area contributed by atoms with Gasteiger partial charge in [0, 0.05) is 14.0 Å². The molecule has 0 spiro atoms. The number of nitrogens with one attached hydrogen (secondary N) is 1. The van der Waals surface area contributed by atoms with Gasteiger partial charge in [-0.25, -0.2) is 0 Å². The van der Waals surface area contributed by atoms with Crippen molar-refractivity contribution >= 4 is 5.91 Å². The van der Waals surface area contributed by atoms with Crippen LogP contribution in [0.15, 0.2) is 0 Å². The Bertz CT molecular complexity index is 376. The zero-order valence-corrected chi connectivity index (χ0v) is 13.3. The van der Waals surface area contributed by atoms with Gasteiger partial charge in [-0.3, -0.25) is 4.79 Å². The Morgan fingerprint density at radius 3 is 2.65 bits per heavy atom. The van der Waals surface area contributed by atoms with Crippen LogP contribution in [0.3, 0.4) is 0 Å². The highest BCUT2D eigenvalue weighted by atomic mass is 16.7. The molecule has 2 aliphatic rings. The standard InChI is InChI=1S/C14H25NO8/c1-8(16)15-11-13(18)12(17)10(7-19-2)23-14(11)22-6-9-5-20-3-4-21-9/h9-14,17-18H,3-7H2,1-2H3,(H,15,16)/t9-,10+,11+,12+,13+,14+/m0/s1. The summed E-state index contributed by atoms with van der Waals surface area (Å²) in [5.74, 6) is -0.360. The van der Waals surface area contributed by atoms with Crippen LogP contribution < -0.4 is 5.32 Å². The van der Waals surface area contributed by atoms with Crippen molar-refractivity contribution in [2.75, 3.05) is 40.1 Å². The van der Waals surface area contributed by atoms with E-state index in [-0.39, 0.29) is 25.2 Å². The first-order chi connectivity index (χ1) is 11.0. The van der Waals surface area contributed by atoms with Gasteiger partial charge in [0.05, 0.1) is 33.0 Å². The number of amides is 1. The Hall–Kier alpha value is -0.810. The SMILES string of the molecule is COC[C@H]1O[C@@H](OC[C@@H]2COCCO2)[C@H](NC(C)=O)[C@@H](O)[C@@H]1O. The van der Waals surface area contributed by atoms with Gasteiger partial charge in [0.2, 0.25) is 5.91 Å². The van der Waals surface area contributed by atoms with Crippen LogP contribution in [0.25, 0.3) is 0 Å². The maximum absolute atomic E-state index is 11.3. The van der Waals surface area contributed by atoms with Crippen molar-refractivity contribution in [2.24, 2.45) is 0 Å². The highest BCUT2D eigenvalue weighted by molar-refractivity contribution is 5.73. The number of rotatable bonds is 6. The summed E-state index contributed by atoms with van der Waals surface area (Å²) in [6, 6.07) is -0.889. The van der Waals surface area contributed by atoms with Crippen LogP contribution in [0, 0.1) is 0 Å². The fraction of sp³-hybridized carbons (Fsp3) is 0.929. The molecule has 1 amide bonds. The normalized spacial score (nSPS) is 38.3. The molecule has 2 aliphatic heterocycles. The van der Waals surface area contributed by atoms with Gasteiger partial charge < -0.3 is 39.2 Å². The molecule has 134 valence electrons. The third-order valence-electron chi connectivity index (χ3n) is 3.73. The molecule has 0 unspecified atom stereocenters. The van der Waals surface area contributed by atoms with Gasteiger partial charge in [0.25, 0.3) is 0 Å². The first-order valence-electron chi connectivity index (χ1n) is 7.61. The van der Waals surface area contributed by atoms with Crippen LogP contribution in [-0.4, -0.2) is 93.0 Å². The number of carbonyl (C=O) groups is 1. The van der Waals surface area contributed by atoms with Gasteiger partial charge >= 0.3 is 0 Å². The van der Waals surface area contributed by atoms with Crippen molar-refractivity contribution in [1.82, 2.24) is 5.32 Å². The molecule has 2 rings (SSSR count). The third-order valence-corrected chi connectivity index (χ3v) is 3.73. The van der Waals surface area contributed by atoms with Gasteiger partial charge in [-0.15, -0.1) is 0 Å². The van der Waals surface area contributed by atoms with Crippen molar-refractivity contribution in [1.29, 1.82) is 0 Å². The van der Waals surface area contributed by atoms with Crippen molar-refractivity contribution in [3.05, 3.63) is 0 Å². The summed E-state index contributed by atoms with van der Waals surface area (Å²) in [6.45, 7) is 3.03. The molecular weight excluding hydrogens is 310 g/mol. The number of ether oxygens (including phenoxy) is 5. The van der Waals surface area contributed by atoms with Crippen molar-refractivity contribution in [2.45, 2.75) is 43.7 Å². The maximum atomic E-state index is 11.3. The minimum Gasteiger partial charge on any atom is -0.388 e. The molecule has 0 aromatic heterocycles. The first-order valence-corrected chi connectivity index (χ1v) is 7.61. The quantitative estimate of drug-likeness (QED) is 0.511. The molecule has 2 fully saturated rings. The van der Waals surface area contributed by atoms with E-state index in [0.29, 0.717) is 19.8 Å². The van der Waals surface area contributed by atoms with Gasteiger partial charge in [-0.1, -0.05) is 0 Å². The molecule has 6 atom stereocenters. The number of aliphatic hydroxyl groups excluding tert-OH is 2. The lowest BCUT2D eigenvalue weighted by atomic mass is 9.97. The molecule has 0 radical (unpaired) electrons. The Labute approximate surface area is 134 Å². The van der Waals surface area contributed by atoms with Crippen LogP contribution in [0.1, 0.15) is 6.92 Å². The molecule has 0 aromatic rings.